The number of carbonyl (C=O) groups is 1. The van der Waals surface area contributed by atoms with Crippen LogP contribution in [0.15, 0.2) is 53.9 Å². The predicted octanol–water partition coefficient (Wildman–Crippen LogP) is 4.44. The molecule has 1 amide bonds. The number of piperazine rings is 1. The number of aromatic nitrogens is 1. The van der Waals surface area contributed by atoms with Crippen LogP contribution in [-0.4, -0.2) is 53.4 Å². The van der Waals surface area contributed by atoms with Crippen LogP contribution in [0.4, 0.5) is 5.69 Å². The van der Waals surface area contributed by atoms with Gasteiger partial charge in [0.1, 0.15) is 5.01 Å². The van der Waals surface area contributed by atoms with Gasteiger partial charge in [-0.3, -0.25) is 14.6 Å². The molecule has 1 saturated heterocycles. The molecule has 3 aromatic rings. The molecule has 4 rings (SSSR count). The summed E-state index contributed by atoms with van der Waals surface area (Å²) in [6, 6.07) is 16.6. The summed E-state index contributed by atoms with van der Waals surface area (Å²) in [5, 5.41) is 6.33. The van der Waals surface area contributed by atoms with Crippen molar-refractivity contribution in [2.45, 2.75) is 26.8 Å². The SMILES string of the molecule is CCc1ccccc1NC(=O)CN1CCN(Cc2csc(-c3ccc(C)cc3)n2)CC1. The van der Waals surface area contributed by atoms with Crippen LogP contribution in [0.25, 0.3) is 10.6 Å². The van der Waals surface area contributed by atoms with Crippen molar-refractivity contribution in [2.75, 3.05) is 38.0 Å². The van der Waals surface area contributed by atoms with Gasteiger partial charge in [0.05, 0.1) is 12.2 Å². The minimum Gasteiger partial charge on any atom is -0.325 e. The van der Waals surface area contributed by atoms with Crippen molar-refractivity contribution in [3.8, 4) is 10.6 Å². The molecule has 2 aromatic carbocycles. The highest BCUT2D eigenvalue weighted by Crippen LogP contribution is 2.24. The number of benzene rings is 2. The molecular weight excluding hydrogens is 404 g/mol. The number of carbonyl (C=O) groups excluding carboxylic acids is 1. The Hall–Kier alpha value is -2.54. The third-order valence-electron chi connectivity index (χ3n) is 5.74. The van der Waals surface area contributed by atoms with Crippen molar-refractivity contribution in [1.29, 1.82) is 0 Å². The lowest BCUT2D eigenvalue weighted by Crippen LogP contribution is -2.48. The topological polar surface area (TPSA) is 48.5 Å². The monoisotopic (exact) mass is 434 g/mol. The third kappa shape index (κ3) is 5.79. The van der Waals surface area contributed by atoms with Gasteiger partial charge in [-0.1, -0.05) is 55.0 Å². The Labute approximate surface area is 188 Å². The number of thiazole rings is 1. The first-order valence-electron chi connectivity index (χ1n) is 10.9. The number of nitrogens with zero attached hydrogens (tertiary/aromatic N) is 3. The van der Waals surface area contributed by atoms with Crippen molar-refractivity contribution in [3.05, 3.63) is 70.7 Å². The van der Waals surface area contributed by atoms with Crippen LogP contribution >= 0.6 is 11.3 Å². The van der Waals surface area contributed by atoms with Crippen molar-refractivity contribution in [2.24, 2.45) is 0 Å². The quantitative estimate of drug-likeness (QED) is 0.597. The van der Waals surface area contributed by atoms with Crippen LogP contribution in [0.3, 0.4) is 0 Å². The van der Waals surface area contributed by atoms with E-state index in [0.29, 0.717) is 6.54 Å². The molecule has 0 saturated carbocycles. The highest BCUT2D eigenvalue weighted by Gasteiger charge is 2.20. The molecule has 0 aliphatic carbocycles. The average Bonchev–Trinajstić information content (AvgIpc) is 3.24. The Kier molecular flexibility index (Phi) is 7.12. The molecule has 6 heteroatoms. The first-order chi connectivity index (χ1) is 15.1. The Morgan fingerprint density at radius 2 is 1.74 bits per heavy atom. The van der Waals surface area contributed by atoms with Crippen LogP contribution in [0.2, 0.25) is 0 Å². The summed E-state index contributed by atoms with van der Waals surface area (Å²) in [6.45, 7) is 9.23. The van der Waals surface area contributed by atoms with Gasteiger partial charge >= 0.3 is 0 Å². The second-order valence-corrected chi connectivity index (χ2v) is 8.98. The molecule has 0 spiro atoms. The maximum atomic E-state index is 12.5. The van der Waals surface area contributed by atoms with Gasteiger partial charge in [-0.15, -0.1) is 11.3 Å². The van der Waals surface area contributed by atoms with E-state index in [2.05, 4.69) is 64.7 Å². The second-order valence-electron chi connectivity index (χ2n) is 8.12. The molecule has 1 fully saturated rings. The number of amides is 1. The number of nitrogens with one attached hydrogen (secondary N) is 1. The van der Waals surface area contributed by atoms with Gasteiger partial charge in [-0.2, -0.15) is 0 Å². The zero-order valence-corrected chi connectivity index (χ0v) is 19.1. The van der Waals surface area contributed by atoms with E-state index in [0.717, 1.165) is 55.5 Å². The molecule has 1 N–H and O–H groups in total. The molecule has 31 heavy (non-hydrogen) atoms. The van der Waals surface area contributed by atoms with Gasteiger partial charge in [0.15, 0.2) is 0 Å². The smallest absolute Gasteiger partial charge is 0.238 e. The first kappa shape index (κ1) is 21.7. The lowest BCUT2D eigenvalue weighted by Gasteiger charge is -2.33. The maximum absolute atomic E-state index is 12.5. The molecule has 0 radical (unpaired) electrons. The largest absolute Gasteiger partial charge is 0.325 e. The van der Waals surface area contributed by atoms with Crippen molar-refractivity contribution >= 4 is 22.9 Å². The van der Waals surface area contributed by atoms with Crippen LogP contribution in [0.5, 0.6) is 0 Å². The normalized spacial score (nSPS) is 15.2. The second kappa shape index (κ2) is 10.2. The molecule has 2 heterocycles. The minimum absolute atomic E-state index is 0.0663. The Morgan fingerprint density at radius 1 is 1.03 bits per heavy atom. The lowest BCUT2D eigenvalue weighted by atomic mass is 10.1. The number of anilines is 1. The summed E-state index contributed by atoms with van der Waals surface area (Å²) in [5.41, 5.74) is 5.68. The van der Waals surface area contributed by atoms with Crippen LogP contribution in [0.1, 0.15) is 23.7 Å². The van der Waals surface area contributed by atoms with Gasteiger partial charge in [-0.05, 0) is 25.0 Å². The number of para-hydroxylation sites is 1. The van der Waals surface area contributed by atoms with E-state index < -0.39 is 0 Å². The molecule has 1 aromatic heterocycles. The number of hydrogen-bond acceptors (Lipinski definition) is 5. The van der Waals surface area contributed by atoms with Gasteiger partial charge in [-0.25, -0.2) is 4.98 Å². The number of hydrogen-bond donors (Lipinski definition) is 1. The molecule has 1 aliphatic heterocycles. The number of aryl methyl sites for hydroxylation is 2. The molecule has 0 atom stereocenters. The fraction of sp³-hybridized carbons (Fsp3) is 0.360. The Bertz CT molecular complexity index is 1010. The zero-order valence-electron chi connectivity index (χ0n) is 18.3. The summed E-state index contributed by atoms with van der Waals surface area (Å²) in [6.07, 6.45) is 0.914. The third-order valence-corrected chi connectivity index (χ3v) is 6.68. The zero-order chi connectivity index (χ0) is 21.6. The molecule has 0 unspecified atom stereocenters. The van der Waals surface area contributed by atoms with Crippen molar-refractivity contribution in [3.63, 3.8) is 0 Å². The Balaban J connectivity index is 1.24. The minimum atomic E-state index is 0.0663. The van der Waals surface area contributed by atoms with Crippen LogP contribution in [0, 0.1) is 6.92 Å². The van der Waals surface area contributed by atoms with E-state index in [1.807, 2.05) is 18.2 Å². The maximum Gasteiger partial charge on any atom is 0.238 e. The molecule has 1 aliphatic rings. The summed E-state index contributed by atoms with van der Waals surface area (Å²) >= 11 is 1.71. The summed E-state index contributed by atoms with van der Waals surface area (Å²) in [4.78, 5) is 22.0. The molecule has 162 valence electrons. The van der Waals surface area contributed by atoms with Crippen LogP contribution in [-0.2, 0) is 17.8 Å². The molecule has 5 nitrogen and oxygen atoms in total. The van der Waals surface area contributed by atoms with Crippen molar-refractivity contribution < 1.29 is 4.79 Å². The fourth-order valence-electron chi connectivity index (χ4n) is 3.89. The summed E-state index contributed by atoms with van der Waals surface area (Å²) < 4.78 is 0. The van der Waals surface area contributed by atoms with Crippen LogP contribution < -0.4 is 5.32 Å². The van der Waals surface area contributed by atoms with Gasteiger partial charge in [0, 0.05) is 49.4 Å². The molecule has 0 bridgehead atoms. The molecular formula is C25H30N4OS. The van der Waals surface area contributed by atoms with Gasteiger partial charge in [0.2, 0.25) is 5.91 Å². The van der Waals surface area contributed by atoms with Gasteiger partial charge < -0.3 is 5.32 Å². The fourth-order valence-corrected chi connectivity index (χ4v) is 4.70. The van der Waals surface area contributed by atoms with E-state index in [9.17, 15) is 4.79 Å². The first-order valence-corrected chi connectivity index (χ1v) is 11.8. The summed E-state index contributed by atoms with van der Waals surface area (Å²) in [7, 11) is 0. The van der Waals surface area contributed by atoms with E-state index in [-0.39, 0.29) is 5.91 Å². The van der Waals surface area contributed by atoms with E-state index in [1.165, 1.54) is 16.7 Å². The van der Waals surface area contributed by atoms with Crippen molar-refractivity contribution in [1.82, 2.24) is 14.8 Å². The summed E-state index contributed by atoms with van der Waals surface area (Å²) in [5.74, 6) is 0.0663. The lowest BCUT2D eigenvalue weighted by molar-refractivity contribution is -0.117. The average molecular weight is 435 g/mol. The highest BCUT2D eigenvalue weighted by atomic mass is 32.1. The standard InChI is InChI=1S/C25H30N4OS/c1-3-20-6-4-5-7-23(20)27-24(30)17-29-14-12-28(13-15-29)16-22-18-31-25(26-22)21-10-8-19(2)9-11-21/h4-11,18H,3,12-17H2,1-2H3,(H,27,30). The van der Waals surface area contributed by atoms with E-state index in [1.54, 1.807) is 11.3 Å². The number of rotatable bonds is 7. The highest BCUT2D eigenvalue weighted by molar-refractivity contribution is 7.13. The van der Waals surface area contributed by atoms with E-state index >= 15 is 0 Å². The Morgan fingerprint density at radius 3 is 2.48 bits per heavy atom. The van der Waals surface area contributed by atoms with E-state index in [4.69, 9.17) is 4.98 Å². The van der Waals surface area contributed by atoms with Gasteiger partial charge in [0.25, 0.3) is 0 Å². The predicted molar refractivity (Wildman–Crippen MR) is 128 cm³/mol.